The lowest BCUT2D eigenvalue weighted by molar-refractivity contribution is 0.0179. The van der Waals surface area contributed by atoms with Crippen LogP contribution in [0.1, 0.15) is 18.5 Å². The van der Waals surface area contributed by atoms with Crippen molar-refractivity contribution in [2.75, 3.05) is 57.9 Å². The van der Waals surface area contributed by atoms with Crippen LogP contribution < -0.4 is 10.6 Å². The van der Waals surface area contributed by atoms with Gasteiger partial charge in [-0.2, -0.15) is 11.8 Å². The Morgan fingerprint density at radius 3 is 2.64 bits per heavy atom. The zero-order valence-electron chi connectivity index (χ0n) is 15.1. The Morgan fingerprint density at radius 2 is 2.00 bits per heavy atom. The van der Waals surface area contributed by atoms with Crippen molar-refractivity contribution < 1.29 is 9.13 Å². The highest BCUT2D eigenvalue weighted by Gasteiger charge is 2.22. The van der Waals surface area contributed by atoms with Gasteiger partial charge in [-0.25, -0.2) is 4.39 Å². The summed E-state index contributed by atoms with van der Waals surface area (Å²) in [7, 11) is 0. The van der Waals surface area contributed by atoms with E-state index in [0.717, 1.165) is 56.7 Å². The van der Waals surface area contributed by atoms with Crippen LogP contribution >= 0.6 is 11.8 Å². The quantitative estimate of drug-likeness (QED) is 0.418. The van der Waals surface area contributed by atoms with Crippen molar-refractivity contribution >= 4 is 17.7 Å². The second-order valence-corrected chi connectivity index (χ2v) is 6.84. The summed E-state index contributed by atoms with van der Waals surface area (Å²) in [4.78, 5) is 7.14. The van der Waals surface area contributed by atoms with Crippen LogP contribution in [0.25, 0.3) is 0 Å². The van der Waals surface area contributed by atoms with Crippen molar-refractivity contribution in [3.63, 3.8) is 0 Å². The van der Waals surface area contributed by atoms with E-state index in [1.54, 1.807) is 11.8 Å². The number of nitrogens with zero attached hydrogens (tertiary/aromatic N) is 2. The molecule has 0 saturated carbocycles. The molecule has 2 rings (SSSR count). The van der Waals surface area contributed by atoms with E-state index < -0.39 is 0 Å². The van der Waals surface area contributed by atoms with E-state index >= 15 is 0 Å². The van der Waals surface area contributed by atoms with Gasteiger partial charge in [0.05, 0.1) is 25.8 Å². The smallest absolute Gasteiger partial charge is 0.191 e. The first-order valence-electron chi connectivity index (χ1n) is 8.83. The Balaban J connectivity index is 2.10. The van der Waals surface area contributed by atoms with Crippen LogP contribution in [0.4, 0.5) is 4.39 Å². The lowest BCUT2D eigenvalue weighted by Gasteiger charge is -2.34. The molecule has 1 unspecified atom stereocenters. The number of hydrogen-bond acceptors (Lipinski definition) is 4. The van der Waals surface area contributed by atoms with Crippen LogP contribution in [-0.4, -0.2) is 68.8 Å². The zero-order valence-corrected chi connectivity index (χ0v) is 15.9. The molecule has 5 nitrogen and oxygen atoms in total. The average Bonchev–Trinajstić information content (AvgIpc) is 2.64. The third kappa shape index (κ3) is 6.84. The molecule has 1 saturated heterocycles. The Morgan fingerprint density at radius 1 is 1.28 bits per heavy atom. The number of halogens is 1. The van der Waals surface area contributed by atoms with Crippen molar-refractivity contribution in [2.45, 2.75) is 13.0 Å². The normalized spacial score (nSPS) is 17.3. The summed E-state index contributed by atoms with van der Waals surface area (Å²) in [5.41, 5.74) is 1.09. The SMILES string of the molecule is CCNC(=NCC(c1ccc(F)cc1)N1CCOCC1)NCCSC. The Hall–Kier alpha value is -1.31. The third-order valence-electron chi connectivity index (χ3n) is 4.11. The van der Waals surface area contributed by atoms with Gasteiger partial charge in [-0.3, -0.25) is 9.89 Å². The maximum absolute atomic E-state index is 13.3. The molecular weight excluding hydrogens is 339 g/mol. The standard InChI is InChI=1S/C18H29FN4OS/c1-3-20-18(21-8-13-25-2)22-14-17(23-9-11-24-12-10-23)15-4-6-16(19)7-5-15/h4-7,17H,3,8-14H2,1-2H3,(H2,20,21,22). The van der Waals surface area contributed by atoms with Crippen LogP contribution in [0, 0.1) is 5.82 Å². The summed E-state index contributed by atoms with van der Waals surface area (Å²) < 4.78 is 18.8. The minimum Gasteiger partial charge on any atom is -0.379 e. The minimum absolute atomic E-state index is 0.125. The van der Waals surface area contributed by atoms with Gasteiger partial charge >= 0.3 is 0 Å². The summed E-state index contributed by atoms with van der Waals surface area (Å²) in [6.45, 7) is 7.59. The highest BCUT2D eigenvalue weighted by molar-refractivity contribution is 7.98. The second-order valence-electron chi connectivity index (χ2n) is 5.85. The van der Waals surface area contributed by atoms with Gasteiger partial charge < -0.3 is 15.4 Å². The fourth-order valence-electron chi connectivity index (χ4n) is 2.80. The van der Waals surface area contributed by atoms with Gasteiger partial charge in [0.1, 0.15) is 5.82 Å². The molecule has 7 heteroatoms. The van der Waals surface area contributed by atoms with Crippen LogP contribution in [0.2, 0.25) is 0 Å². The topological polar surface area (TPSA) is 48.9 Å². The number of hydrogen-bond donors (Lipinski definition) is 2. The first kappa shape index (κ1) is 20.0. The predicted octanol–water partition coefficient (Wildman–Crippen LogP) is 2.12. The summed E-state index contributed by atoms with van der Waals surface area (Å²) in [6, 6.07) is 6.89. The molecule has 140 valence electrons. The van der Waals surface area contributed by atoms with Crippen molar-refractivity contribution in [2.24, 2.45) is 4.99 Å². The summed E-state index contributed by atoms with van der Waals surface area (Å²) in [5, 5.41) is 6.64. The predicted molar refractivity (Wildman–Crippen MR) is 104 cm³/mol. The molecule has 0 aromatic heterocycles. The van der Waals surface area contributed by atoms with E-state index in [9.17, 15) is 4.39 Å². The summed E-state index contributed by atoms with van der Waals surface area (Å²) in [5.74, 6) is 1.66. The van der Waals surface area contributed by atoms with Crippen molar-refractivity contribution in [3.8, 4) is 0 Å². The molecule has 2 N–H and O–H groups in total. The molecular formula is C18H29FN4OS. The van der Waals surface area contributed by atoms with Gasteiger partial charge in [0.15, 0.2) is 5.96 Å². The maximum Gasteiger partial charge on any atom is 0.191 e. The lowest BCUT2D eigenvalue weighted by atomic mass is 10.0. The van der Waals surface area contributed by atoms with Gasteiger partial charge in [-0.15, -0.1) is 0 Å². The first-order valence-corrected chi connectivity index (χ1v) is 10.2. The van der Waals surface area contributed by atoms with Crippen molar-refractivity contribution in [1.82, 2.24) is 15.5 Å². The maximum atomic E-state index is 13.3. The van der Waals surface area contributed by atoms with Crippen molar-refractivity contribution in [3.05, 3.63) is 35.6 Å². The molecule has 1 atom stereocenters. The van der Waals surface area contributed by atoms with E-state index in [2.05, 4.69) is 28.7 Å². The number of nitrogens with one attached hydrogen (secondary N) is 2. The Kier molecular flexibility index (Phi) is 9.07. The molecule has 0 radical (unpaired) electrons. The second kappa shape index (κ2) is 11.3. The fraction of sp³-hybridized carbons (Fsp3) is 0.611. The highest BCUT2D eigenvalue weighted by atomic mass is 32.2. The average molecular weight is 369 g/mol. The molecule has 0 spiro atoms. The van der Waals surface area contributed by atoms with Gasteiger partial charge in [0.25, 0.3) is 0 Å². The number of thioether (sulfide) groups is 1. The van der Waals surface area contributed by atoms with E-state index in [1.807, 2.05) is 12.1 Å². The van der Waals surface area contributed by atoms with Gasteiger partial charge in [0, 0.05) is 31.9 Å². The van der Waals surface area contributed by atoms with Crippen LogP contribution in [0.5, 0.6) is 0 Å². The lowest BCUT2D eigenvalue weighted by Crippen LogP contribution is -2.42. The molecule has 1 aromatic rings. The number of benzene rings is 1. The molecule has 1 aliphatic heterocycles. The fourth-order valence-corrected chi connectivity index (χ4v) is 3.10. The van der Waals surface area contributed by atoms with Crippen LogP contribution in [0.3, 0.4) is 0 Å². The van der Waals surface area contributed by atoms with E-state index in [0.29, 0.717) is 6.54 Å². The number of ether oxygens (including phenoxy) is 1. The highest BCUT2D eigenvalue weighted by Crippen LogP contribution is 2.22. The van der Waals surface area contributed by atoms with Crippen molar-refractivity contribution in [1.29, 1.82) is 0 Å². The zero-order chi connectivity index (χ0) is 17.9. The number of aliphatic imine (C=N–C) groups is 1. The molecule has 1 aromatic carbocycles. The monoisotopic (exact) mass is 368 g/mol. The third-order valence-corrected chi connectivity index (χ3v) is 4.72. The molecule has 1 heterocycles. The van der Waals surface area contributed by atoms with Crippen LogP contribution in [-0.2, 0) is 4.74 Å². The van der Waals surface area contributed by atoms with Crippen LogP contribution in [0.15, 0.2) is 29.3 Å². The molecule has 0 amide bonds. The Bertz CT molecular complexity index is 520. The molecule has 0 bridgehead atoms. The van der Waals surface area contributed by atoms with E-state index in [4.69, 9.17) is 9.73 Å². The van der Waals surface area contributed by atoms with Gasteiger partial charge in [0.2, 0.25) is 0 Å². The summed E-state index contributed by atoms with van der Waals surface area (Å²) in [6.07, 6.45) is 2.09. The minimum atomic E-state index is -0.208. The van der Waals surface area contributed by atoms with E-state index in [1.165, 1.54) is 12.1 Å². The van der Waals surface area contributed by atoms with E-state index in [-0.39, 0.29) is 11.9 Å². The number of morpholine rings is 1. The van der Waals surface area contributed by atoms with Gasteiger partial charge in [-0.1, -0.05) is 12.1 Å². The molecule has 1 aliphatic rings. The summed E-state index contributed by atoms with van der Waals surface area (Å²) >= 11 is 1.80. The molecule has 0 aliphatic carbocycles. The van der Waals surface area contributed by atoms with Gasteiger partial charge in [-0.05, 0) is 30.9 Å². The number of guanidine groups is 1. The first-order chi connectivity index (χ1) is 12.2. The molecule has 1 fully saturated rings. The number of rotatable bonds is 8. The molecule has 25 heavy (non-hydrogen) atoms. The largest absolute Gasteiger partial charge is 0.379 e. The Labute approximate surface area is 154 Å².